The number of fused-ring (bicyclic) bond motifs is 1. The van der Waals surface area contributed by atoms with Gasteiger partial charge < -0.3 is 10.1 Å². The molecule has 0 spiro atoms. The van der Waals surface area contributed by atoms with Gasteiger partial charge in [-0.1, -0.05) is 55.8 Å². The Kier molecular flexibility index (Phi) is 8.29. The molecule has 3 aromatic carbocycles. The number of unbranched alkanes of at least 4 members (excludes halogenated alkanes) is 1. The number of anilines is 1. The quantitative estimate of drug-likeness (QED) is 0.270. The van der Waals surface area contributed by atoms with E-state index in [0.29, 0.717) is 35.1 Å². The Balaban J connectivity index is 1.69. The highest BCUT2D eigenvalue weighted by Crippen LogP contribution is 2.26. The molecule has 0 saturated heterocycles. The maximum Gasteiger partial charge on any atom is 0.339 e. The van der Waals surface area contributed by atoms with Gasteiger partial charge in [-0.15, -0.1) is 0 Å². The van der Waals surface area contributed by atoms with Crippen LogP contribution in [0.2, 0.25) is 0 Å². The van der Waals surface area contributed by atoms with Crippen LogP contribution in [0.15, 0.2) is 71.5 Å². The molecule has 0 aliphatic rings. The zero-order valence-electron chi connectivity index (χ0n) is 23.2. The van der Waals surface area contributed by atoms with Crippen molar-refractivity contribution in [1.82, 2.24) is 9.55 Å². The second-order valence-electron chi connectivity index (χ2n) is 10.7. The predicted octanol–water partition coefficient (Wildman–Crippen LogP) is 6.37. The summed E-state index contributed by atoms with van der Waals surface area (Å²) in [6.07, 6.45) is 2.60. The van der Waals surface area contributed by atoms with E-state index >= 15 is 0 Å². The first-order chi connectivity index (χ1) is 18.6. The molecule has 39 heavy (non-hydrogen) atoms. The highest BCUT2D eigenvalue weighted by molar-refractivity contribution is 5.97. The minimum atomic E-state index is -0.590. The maximum absolute atomic E-state index is 13.6. The number of hydrogen-bond donors (Lipinski definition) is 1. The van der Waals surface area contributed by atoms with Crippen molar-refractivity contribution in [3.05, 3.63) is 94.0 Å². The number of nitrogens with zero attached hydrogens (tertiary/aromatic N) is 2. The number of carbonyl (C=O) groups excluding carboxylic acids is 2. The van der Waals surface area contributed by atoms with E-state index in [2.05, 4.69) is 12.2 Å². The smallest absolute Gasteiger partial charge is 0.339 e. The number of aromatic nitrogens is 2. The number of benzene rings is 3. The van der Waals surface area contributed by atoms with E-state index in [1.54, 1.807) is 28.8 Å². The highest BCUT2D eigenvalue weighted by atomic mass is 16.6. The van der Waals surface area contributed by atoms with Crippen LogP contribution in [0.4, 0.5) is 5.69 Å². The van der Waals surface area contributed by atoms with Crippen molar-refractivity contribution in [3.63, 3.8) is 0 Å². The Morgan fingerprint density at radius 3 is 2.38 bits per heavy atom. The summed E-state index contributed by atoms with van der Waals surface area (Å²) in [6, 6.07) is 20.5. The third-order valence-electron chi connectivity index (χ3n) is 6.26. The molecular weight excluding hydrogens is 490 g/mol. The van der Waals surface area contributed by atoms with Crippen molar-refractivity contribution in [2.45, 2.75) is 66.0 Å². The summed E-state index contributed by atoms with van der Waals surface area (Å²) in [5, 5.41) is 3.20. The maximum atomic E-state index is 13.6. The van der Waals surface area contributed by atoms with Crippen molar-refractivity contribution in [2.24, 2.45) is 0 Å². The Bertz CT molecular complexity index is 1560. The number of esters is 1. The molecule has 1 amide bonds. The van der Waals surface area contributed by atoms with Gasteiger partial charge in [0, 0.05) is 19.0 Å². The SMILES string of the molecule is CCCCc1nc2ccc(NC(C)=O)cc2c(=O)n1Cc1ccc(-c2ccccc2C(=O)OC(C)(C)C)cc1. The molecule has 0 atom stereocenters. The van der Waals surface area contributed by atoms with Crippen LogP contribution in [0.25, 0.3) is 22.0 Å². The molecule has 7 heteroatoms. The Morgan fingerprint density at radius 2 is 1.72 bits per heavy atom. The number of ether oxygens (including phenoxy) is 1. The summed E-state index contributed by atoms with van der Waals surface area (Å²) >= 11 is 0. The molecule has 0 aliphatic heterocycles. The Labute approximate surface area is 228 Å². The molecule has 1 N–H and O–H groups in total. The van der Waals surface area contributed by atoms with E-state index in [-0.39, 0.29) is 17.4 Å². The van der Waals surface area contributed by atoms with Crippen LogP contribution >= 0.6 is 0 Å². The lowest BCUT2D eigenvalue weighted by Crippen LogP contribution is -2.26. The topological polar surface area (TPSA) is 90.3 Å². The summed E-state index contributed by atoms with van der Waals surface area (Å²) in [5.41, 5.74) is 3.57. The summed E-state index contributed by atoms with van der Waals surface area (Å²) in [7, 11) is 0. The van der Waals surface area contributed by atoms with Gasteiger partial charge in [-0.2, -0.15) is 0 Å². The van der Waals surface area contributed by atoms with Gasteiger partial charge in [0.25, 0.3) is 5.56 Å². The number of rotatable bonds is 8. The predicted molar refractivity (Wildman–Crippen MR) is 155 cm³/mol. The Hall–Kier alpha value is -4.26. The highest BCUT2D eigenvalue weighted by Gasteiger charge is 2.21. The molecule has 0 radical (unpaired) electrons. The lowest BCUT2D eigenvalue weighted by atomic mass is 9.98. The van der Waals surface area contributed by atoms with Crippen LogP contribution in [0.1, 0.15) is 69.2 Å². The van der Waals surface area contributed by atoms with E-state index < -0.39 is 5.60 Å². The third-order valence-corrected chi connectivity index (χ3v) is 6.26. The standard InChI is InChI=1S/C32H35N3O4/c1-6-7-12-29-34-28-18-17-24(33-21(2)36)19-27(28)30(37)35(29)20-22-13-15-23(16-14-22)25-10-8-9-11-26(25)31(38)39-32(3,4)5/h8-11,13-19H,6-7,12,20H2,1-5H3,(H,33,36). The number of aryl methyl sites for hydroxylation is 1. The number of hydrogen-bond acceptors (Lipinski definition) is 5. The fourth-order valence-electron chi connectivity index (χ4n) is 4.45. The molecule has 1 heterocycles. The second kappa shape index (κ2) is 11.6. The molecule has 0 aliphatic carbocycles. The van der Waals surface area contributed by atoms with Gasteiger partial charge in [-0.05, 0) is 68.1 Å². The summed E-state index contributed by atoms with van der Waals surface area (Å²) < 4.78 is 7.33. The fourth-order valence-corrected chi connectivity index (χ4v) is 4.45. The first-order valence-electron chi connectivity index (χ1n) is 13.3. The first kappa shape index (κ1) is 27.8. The molecule has 1 aromatic heterocycles. The number of carbonyl (C=O) groups is 2. The van der Waals surface area contributed by atoms with Gasteiger partial charge in [-0.3, -0.25) is 14.2 Å². The second-order valence-corrected chi connectivity index (χ2v) is 10.7. The normalized spacial score (nSPS) is 11.4. The average molecular weight is 526 g/mol. The lowest BCUT2D eigenvalue weighted by Gasteiger charge is -2.20. The van der Waals surface area contributed by atoms with Gasteiger partial charge in [0.1, 0.15) is 11.4 Å². The van der Waals surface area contributed by atoms with Crippen LogP contribution in [0, 0.1) is 0 Å². The summed E-state index contributed by atoms with van der Waals surface area (Å²) in [4.78, 5) is 42.8. The van der Waals surface area contributed by atoms with E-state index in [1.807, 2.05) is 63.2 Å². The van der Waals surface area contributed by atoms with Crippen molar-refractivity contribution >= 4 is 28.5 Å². The third kappa shape index (κ3) is 6.79. The van der Waals surface area contributed by atoms with Crippen molar-refractivity contribution < 1.29 is 14.3 Å². The minimum Gasteiger partial charge on any atom is -0.456 e. The fraction of sp³-hybridized carbons (Fsp3) is 0.312. The van der Waals surface area contributed by atoms with Gasteiger partial charge >= 0.3 is 5.97 Å². The molecule has 0 unspecified atom stereocenters. The van der Waals surface area contributed by atoms with E-state index in [0.717, 1.165) is 35.4 Å². The average Bonchev–Trinajstić information content (AvgIpc) is 2.89. The van der Waals surface area contributed by atoms with Crippen LogP contribution in [0.5, 0.6) is 0 Å². The van der Waals surface area contributed by atoms with Crippen LogP contribution in [-0.4, -0.2) is 27.0 Å². The molecule has 0 fully saturated rings. The van der Waals surface area contributed by atoms with Crippen LogP contribution < -0.4 is 10.9 Å². The van der Waals surface area contributed by atoms with E-state index in [1.165, 1.54) is 6.92 Å². The van der Waals surface area contributed by atoms with Gasteiger partial charge in [0.2, 0.25) is 5.91 Å². The zero-order chi connectivity index (χ0) is 28.2. The van der Waals surface area contributed by atoms with E-state index in [9.17, 15) is 14.4 Å². The molecule has 0 saturated carbocycles. The van der Waals surface area contributed by atoms with Crippen molar-refractivity contribution in [3.8, 4) is 11.1 Å². The Morgan fingerprint density at radius 1 is 1.00 bits per heavy atom. The molecule has 4 aromatic rings. The van der Waals surface area contributed by atoms with Gasteiger partial charge in [0.05, 0.1) is 23.0 Å². The first-order valence-corrected chi connectivity index (χ1v) is 13.3. The number of nitrogens with one attached hydrogen (secondary N) is 1. The monoisotopic (exact) mass is 525 g/mol. The molecule has 4 rings (SSSR count). The van der Waals surface area contributed by atoms with Crippen molar-refractivity contribution in [2.75, 3.05) is 5.32 Å². The number of amides is 1. The minimum absolute atomic E-state index is 0.141. The molecule has 202 valence electrons. The van der Waals surface area contributed by atoms with Crippen molar-refractivity contribution in [1.29, 1.82) is 0 Å². The van der Waals surface area contributed by atoms with Crippen LogP contribution in [-0.2, 0) is 22.5 Å². The summed E-state index contributed by atoms with van der Waals surface area (Å²) in [6.45, 7) is 9.45. The lowest BCUT2D eigenvalue weighted by molar-refractivity contribution is -0.114. The largest absolute Gasteiger partial charge is 0.456 e. The van der Waals surface area contributed by atoms with E-state index in [4.69, 9.17) is 9.72 Å². The summed E-state index contributed by atoms with van der Waals surface area (Å²) in [5.74, 6) is 0.173. The van der Waals surface area contributed by atoms with Crippen LogP contribution in [0.3, 0.4) is 0 Å². The molecular formula is C32H35N3O4. The molecule has 7 nitrogen and oxygen atoms in total. The molecule has 0 bridgehead atoms. The van der Waals surface area contributed by atoms with Gasteiger partial charge in [0.15, 0.2) is 0 Å². The zero-order valence-corrected chi connectivity index (χ0v) is 23.2. The van der Waals surface area contributed by atoms with Gasteiger partial charge in [-0.25, -0.2) is 9.78 Å².